The Bertz CT molecular complexity index is 400. The van der Waals surface area contributed by atoms with Crippen molar-refractivity contribution in [2.75, 3.05) is 5.75 Å². The van der Waals surface area contributed by atoms with Gasteiger partial charge in [0.15, 0.2) is 0 Å². The number of thiol groups is 1. The number of aryl methyl sites for hydroxylation is 1. The molecule has 2 unspecified atom stereocenters. The monoisotopic (exact) mass is 237 g/mol. The summed E-state index contributed by atoms with van der Waals surface area (Å²) in [5.41, 5.74) is 1.83. The normalized spacial score (nSPS) is 14.2. The molecule has 0 saturated carbocycles. The van der Waals surface area contributed by atoms with E-state index in [4.69, 9.17) is 5.26 Å². The number of aliphatic hydroxyl groups excluding tert-OH is 2. The molecule has 0 saturated heterocycles. The van der Waals surface area contributed by atoms with Crippen LogP contribution in [-0.4, -0.2) is 22.1 Å². The number of rotatable bonds is 4. The fourth-order valence-electron chi connectivity index (χ4n) is 1.53. The third-order valence-electron chi connectivity index (χ3n) is 2.44. The van der Waals surface area contributed by atoms with Gasteiger partial charge in [-0.05, 0) is 25.2 Å². The Kier molecular flexibility index (Phi) is 4.81. The van der Waals surface area contributed by atoms with Crippen LogP contribution in [0, 0.1) is 18.3 Å². The first-order valence-corrected chi connectivity index (χ1v) is 5.71. The van der Waals surface area contributed by atoms with Crippen molar-refractivity contribution in [1.82, 2.24) is 0 Å². The summed E-state index contributed by atoms with van der Waals surface area (Å²) in [6.45, 7) is 1.88. The molecule has 1 aromatic carbocycles. The van der Waals surface area contributed by atoms with E-state index in [0.29, 0.717) is 23.3 Å². The third kappa shape index (κ3) is 2.99. The fraction of sp³-hybridized carbons (Fsp3) is 0.417. The molecule has 0 heterocycles. The van der Waals surface area contributed by atoms with Crippen LogP contribution in [0.1, 0.15) is 29.2 Å². The lowest BCUT2D eigenvalue weighted by Crippen LogP contribution is -2.19. The second-order valence-corrected chi connectivity index (χ2v) is 4.17. The van der Waals surface area contributed by atoms with Crippen LogP contribution in [0.5, 0.6) is 0 Å². The molecule has 0 aromatic heterocycles. The van der Waals surface area contributed by atoms with Crippen molar-refractivity contribution in [2.24, 2.45) is 0 Å². The number of hydrogen-bond acceptors (Lipinski definition) is 4. The maximum Gasteiger partial charge on any atom is 0.106 e. The van der Waals surface area contributed by atoms with E-state index in [2.05, 4.69) is 12.6 Å². The van der Waals surface area contributed by atoms with Gasteiger partial charge >= 0.3 is 0 Å². The Balaban J connectivity index is 3.02. The van der Waals surface area contributed by atoms with Crippen LogP contribution in [0.2, 0.25) is 0 Å². The van der Waals surface area contributed by atoms with Crippen LogP contribution in [0.4, 0.5) is 0 Å². The van der Waals surface area contributed by atoms with Crippen molar-refractivity contribution < 1.29 is 10.2 Å². The quantitative estimate of drug-likeness (QED) is 0.697. The van der Waals surface area contributed by atoms with Crippen molar-refractivity contribution in [3.05, 3.63) is 34.9 Å². The largest absolute Gasteiger partial charge is 0.390 e. The smallest absolute Gasteiger partial charge is 0.106 e. The molecule has 1 aromatic rings. The van der Waals surface area contributed by atoms with Crippen LogP contribution < -0.4 is 0 Å². The average molecular weight is 237 g/mol. The summed E-state index contributed by atoms with van der Waals surface area (Å²) in [5, 5.41) is 28.5. The number of nitrogens with zero attached hydrogens (tertiary/aromatic N) is 1. The number of hydrogen-bond donors (Lipinski definition) is 3. The van der Waals surface area contributed by atoms with Crippen LogP contribution in [0.15, 0.2) is 18.2 Å². The molecule has 86 valence electrons. The van der Waals surface area contributed by atoms with E-state index in [1.807, 2.05) is 13.0 Å². The molecule has 0 amide bonds. The molecule has 3 nitrogen and oxygen atoms in total. The number of aliphatic hydroxyl groups is 2. The Morgan fingerprint density at radius 1 is 1.44 bits per heavy atom. The maximum absolute atomic E-state index is 9.92. The maximum atomic E-state index is 9.92. The van der Waals surface area contributed by atoms with Gasteiger partial charge in [0.05, 0.1) is 17.7 Å². The Morgan fingerprint density at radius 2 is 2.12 bits per heavy atom. The van der Waals surface area contributed by atoms with E-state index >= 15 is 0 Å². The van der Waals surface area contributed by atoms with E-state index in [-0.39, 0.29) is 0 Å². The van der Waals surface area contributed by atoms with Gasteiger partial charge in [-0.3, -0.25) is 0 Å². The van der Waals surface area contributed by atoms with Crippen molar-refractivity contribution >= 4 is 12.6 Å². The van der Waals surface area contributed by atoms with Crippen molar-refractivity contribution in [3.63, 3.8) is 0 Å². The van der Waals surface area contributed by atoms with Gasteiger partial charge in [-0.1, -0.05) is 17.7 Å². The Hall–Kier alpha value is -1.02. The standard InChI is InChI=1S/C12H15NO2S/c1-8-2-3-9(7-13)10(6-8)12(15)11(14)4-5-16/h2-3,6,11-12,14-16H,4-5H2,1H3. The highest BCUT2D eigenvalue weighted by atomic mass is 32.1. The zero-order chi connectivity index (χ0) is 12.1. The molecule has 2 atom stereocenters. The summed E-state index contributed by atoms with van der Waals surface area (Å²) in [6.07, 6.45) is -1.52. The Morgan fingerprint density at radius 3 is 2.69 bits per heavy atom. The summed E-state index contributed by atoms with van der Waals surface area (Å²) in [7, 11) is 0. The zero-order valence-electron chi connectivity index (χ0n) is 9.09. The van der Waals surface area contributed by atoms with Gasteiger partial charge in [0.2, 0.25) is 0 Å². The number of nitriles is 1. The minimum Gasteiger partial charge on any atom is -0.390 e. The summed E-state index contributed by atoms with van der Waals surface area (Å²) in [4.78, 5) is 0. The Labute approximate surface area is 101 Å². The molecular formula is C12H15NO2S. The van der Waals surface area contributed by atoms with E-state index in [1.165, 1.54) is 0 Å². The molecule has 4 heteroatoms. The van der Waals surface area contributed by atoms with Gasteiger partial charge in [-0.25, -0.2) is 0 Å². The molecular weight excluding hydrogens is 222 g/mol. The first-order valence-electron chi connectivity index (χ1n) is 5.07. The van der Waals surface area contributed by atoms with Gasteiger partial charge < -0.3 is 10.2 Å². The average Bonchev–Trinajstić information content (AvgIpc) is 2.28. The minimum atomic E-state index is -1.03. The highest BCUT2D eigenvalue weighted by Gasteiger charge is 2.20. The second-order valence-electron chi connectivity index (χ2n) is 3.73. The molecule has 0 radical (unpaired) electrons. The van der Waals surface area contributed by atoms with Crippen molar-refractivity contribution in [3.8, 4) is 6.07 Å². The predicted molar refractivity (Wildman–Crippen MR) is 65.3 cm³/mol. The first-order chi connectivity index (χ1) is 7.60. The van der Waals surface area contributed by atoms with E-state index in [9.17, 15) is 10.2 Å². The molecule has 0 aliphatic heterocycles. The lowest BCUT2D eigenvalue weighted by Gasteiger charge is -2.18. The molecule has 0 spiro atoms. The second kappa shape index (κ2) is 5.90. The molecule has 0 aliphatic rings. The van der Waals surface area contributed by atoms with E-state index < -0.39 is 12.2 Å². The lowest BCUT2D eigenvalue weighted by atomic mass is 9.96. The van der Waals surface area contributed by atoms with Crippen LogP contribution in [-0.2, 0) is 0 Å². The predicted octanol–water partition coefficient (Wildman–Crippen LogP) is 1.58. The van der Waals surface area contributed by atoms with Crippen molar-refractivity contribution in [1.29, 1.82) is 5.26 Å². The van der Waals surface area contributed by atoms with E-state index in [1.54, 1.807) is 18.2 Å². The first kappa shape index (κ1) is 13.0. The van der Waals surface area contributed by atoms with Crippen LogP contribution in [0.3, 0.4) is 0 Å². The molecule has 1 rings (SSSR count). The molecule has 0 fully saturated rings. The number of benzene rings is 1. The van der Waals surface area contributed by atoms with Gasteiger partial charge in [0.25, 0.3) is 0 Å². The highest BCUT2D eigenvalue weighted by molar-refractivity contribution is 7.80. The third-order valence-corrected chi connectivity index (χ3v) is 2.69. The molecule has 0 bridgehead atoms. The highest BCUT2D eigenvalue weighted by Crippen LogP contribution is 2.23. The van der Waals surface area contributed by atoms with Gasteiger partial charge in [-0.2, -0.15) is 17.9 Å². The summed E-state index contributed by atoms with van der Waals surface area (Å²) in [5.74, 6) is 0.492. The molecule has 0 aliphatic carbocycles. The van der Waals surface area contributed by atoms with Crippen molar-refractivity contribution in [2.45, 2.75) is 25.6 Å². The summed E-state index contributed by atoms with van der Waals surface area (Å²) in [6, 6.07) is 7.20. The van der Waals surface area contributed by atoms with Crippen LogP contribution in [0.25, 0.3) is 0 Å². The minimum absolute atomic E-state index is 0.392. The molecule has 16 heavy (non-hydrogen) atoms. The summed E-state index contributed by atoms with van der Waals surface area (Å²) >= 11 is 4.00. The van der Waals surface area contributed by atoms with Gasteiger partial charge in [0.1, 0.15) is 6.10 Å². The van der Waals surface area contributed by atoms with Gasteiger partial charge in [-0.15, -0.1) is 0 Å². The van der Waals surface area contributed by atoms with Gasteiger partial charge in [0, 0.05) is 5.56 Å². The topological polar surface area (TPSA) is 64.2 Å². The fourth-order valence-corrected chi connectivity index (χ4v) is 1.79. The van der Waals surface area contributed by atoms with E-state index in [0.717, 1.165) is 5.56 Å². The SMILES string of the molecule is Cc1ccc(C#N)c(C(O)C(O)CCS)c1. The zero-order valence-corrected chi connectivity index (χ0v) is 9.98. The van der Waals surface area contributed by atoms with Crippen LogP contribution >= 0.6 is 12.6 Å². The summed E-state index contributed by atoms with van der Waals surface area (Å²) < 4.78 is 0. The lowest BCUT2D eigenvalue weighted by molar-refractivity contribution is 0.0170. The molecule has 2 N–H and O–H groups in total.